The lowest BCUT2D eigenvalue weighted by molar-refractivity contribution is 0.164. The Morgan fingerprint density at radius 2 is 2.40 bits per heavy atom. The first-order valence-corrected chi connectivity index (χ1v) is 7.48. The maximum absolute atomic E-state index is 8.90. The molecule has 1 fully saturated rings. The molecule has 4 nitrogen and oxygen atoms in total. The third kappa shape index (κ3) is 4.59. The topological polar surface area (TPSA) is 52.0 Å². The van der Waals surface area contributed by atoms with Gasteiger partial charge < -0.3 is 5.32 Å². The maximum Gasteiger partial charge on any atom is 0.140 e. The van der Waals surface area contributed by atoms with Crippen molar-refractivity contribution < 1.29 is 0 Å². The van der Waals surface area contributed by atoms with Crippen molar-refractivity contribution in [2.24, 2.45) is 5.92 Å². The molecule has 1 aromatic heterocycles. The molecule has 1 aromatic rings. The Labute approximate surface area is 121 Å². The van der Waals surface area contributed by atoms with E-state index in [1.807, 2.05) is 12.1 Å². The summed E-state index contributed by atoms with van der Waals surface area (Å²) in [6.07, 6.45) is 4.31. The summed E-state index contributed by atoms with van der Waals surface area (Å²) in [6.45, 7) is 8.72. The molecule has 1 unspecified atom stereocenters. The zero-order valence-corrected chi connectivity index (χ0v) is 12.5. The number of hydrogen-bond acceptors (Lipinski definition) is 4. The normalized spacial score (nSPS) is 20.0. The molecule has 0 amide bonds. The number of nitriles is 1. The summed E-state index contributed by atoms with van der Waals surface area (Å²) < 4.78 is 0. The minimum absolute atomic E-state index is 0.512. The number of hydrogen-bond donors (Lipinski definition) is 1. The molecule has 0 bridgehead atoms. The Morgan fingerprint density at radius 1 is 1.55 bits per heavy atom. The largest absolute Gasteiger partial charge is 0.314 e. The fraction of sp³-hybridized carbons (Fsp3) is 0.625. The van der Waals surface area contributed by atoms with Gasteiger partial charge in [-0.05, 0) is 49.5 Å². The predicted octanol–water partition coefficient (Wildman–Crippen LogP) is 2.16. The average molecular weight is 272 g/mol. The van der Waals surface area contributed by atoms with Gasteiger partial charge in [-0.25, -0.2) is 4.98 Å². The van der Waals surface area contributed by atoms with Crippen LogP contribution >= 0.6 is 0 Å². The van der Waals surface area contributed by atoms with Gasteiger partial charge in [-0.1, -0.05) is 13.8 Å². The average Bonchev–Trinajstić information content (AvgIpc) is 2.46. The fourth-order valence-electron chi connectivity index (χ4n) is 2.76. The fourth-order valence-corrected chi connectivity index (χ4v) is 2.76. The highest BCUT2D eigenvalue weighted by molar-refractivity contribution is 5.25. The summed E-state index contributed by atoms with van der Waals surface area (Å²) in [5, 5.41) is 12.4. The van der Waals surface area contributed by atoms with Crippen molar-refractivity contribution in [3.63, 3.8) is 0 Å². The van der Waals surface area contributed by atoms with Crippen LogP contribution < -0.4 is 5.32 Å². The lowest BCUT2D eigenvalue weighted by Crippen LogP contribution is -2.40. The van der Waals surface area contributed by atoms with Crippen molar-refractivity contribution in [2.45, 2.75) is 39.3 Å². The van der Waals surface area contributed by atoms with Crippen molar-refractivity contribution in [1.82, 2.24) is 15.2 Å². The minimum atomic E-state index is 0.512. The maximum atomic E-state index is 8.90. The summed E-state index contributed by atoms with van der Waals surface area (Å²) in [4.78, 5) is 6.52. The molecule has 20 heavy (non-hydrogen) atoms. The van der Waals surface area contributed by atoms with E-state index in [-0.39, 0.29) is 0 Å². The van der Waals surface area contributed by atoms with Crippen LogP contribution in [0.3, 0.4) is 0 Å². The molecule has 0 radical (unpaired) electrons. The SMILES string of the molecule is CC(C)NCC1CCCN(Cc2ccnc(C#N)c2)C1. The molecule has 1 aliphatic heterocycles. The lowest BCUT2D eigenvalue weighted by Gasteiger charge is -2.33. The van der Waals surface area contributed by atoms with Gasteiger partial charge in [-0.2, -0.15) is 5.26 Å². The van der Waals surface area contributed by atoms with Crippen molar-refractivity contribution in [3.8, 4) is 6.07 Å². The summed E-state index contributed by atoms with van der Waals surface area (Å²) in [5.41, 5.74) is 1.70. The van der Waals surface area contributed by atoms with Gasteiger partial charge >= 0.3 is 0 Å². The zero-order chi connectivity index (χ0) is 14.4. The van der Waals surface area contributed by atoms with Crippen LogP contribution in [0, 0.1) is 17.2 Å². The third-order valence-electron chi connectivity index (χ3n) is 3.76. The Hall–Kier alpha value is -1.44. The number of nitrogens with one attached hydrogen (secondary N) is 1. The minimum Gasteiger partial charge on any atom is -0.314 e. The van der Waals surface area contributed by atoms with E-state index in [0.29, 0.717) is 11.7 Å². The van der Waals surface area contributed by atoms with Gasteiger partial charge in [-0.3, -0.25) is 4.90 Å². The monoisotopic (exact) mass is 272 g/mol. The second-order valence-electron chi connectivity index (χ2n) is 5.97. The van der Waals surface area contributed by atoms with Crippen LogP contribution in [0.25, 0.3) is 0 Å². The number of nitrogens with zero attached hydrogens (tertiary/aromatic N) is 3. The van der Waals surface area contributed by atoms with Gasteiger partial charge in [0.05, 0.1) is 0 Å². The van der Waals surface area contributed by atoms with Crippen molar-refractivity contribution >= 4 is 0 Å². The van der Waals surface area contributed by atoms with Gasteiger partial charge in [0.1, 0.15) is 11.8 Å². The molecular formula is C16H24N4. The molecule has 1 atom stereocenters. The second kappa shape index (κ2) is 7.37. The highest BCUT2D eigenvalue weighted by Crippen LogP contribution is 2.18. The molecule has 0 saturated carbocycles. The molecule has 4 heteroatoms. The highest BCUT2D eigenvalue weighted by atomic mass is 15.1. The number of likely N-dealkylation sites (tertiary alicyclic amines) is 1. The molecule has 108 valence electrons. The Morgan fingerprint density at radius 3 is 3.15 bits per heavy atom. The van der Waals surface area contributed by atoms with Gasteiger partial charge in [0.25, 0.3) is 0 Å². The van der Waals surface area contributed by atoms with E-state index < -0.39 is 0 Å². The second-order valence-corrected chi connectivity index (χ2v) is 5.97. The number of rotatable bonds is 5. The smallest absolute Gasteiger partial charge is 0.140 e. The Bertz CT molecular complexity index is 464. The van der Waals surface area contributed by atoms with Crippen LogP contribution in [0.1, 0.15) is 37.9 Å². The highest BCUT2D eigenvalue weighted by Gasteiger charge is 2.20. The third-order valence-corrected chi connectivity index (χ3v) is 3.76. The Balaban J connectivity index is 1.87. The van der Waals surface area contributed by atoms with Crippen molar-refractivity contribution in [1.29, 1.82) is 5.26 Å². The van der Waals surface area contributed by atoms with E-state index in [1.165, 1.54) is 18.4 Å². The molecule has 1 saturated heterocycles. The predicted molar refractivity (Wildman–Crippen MR) is 80.1 cm³/mol. The van der Waals surface area contributed by atoms with E-state index >= 15 is 0 Å². The summed E-state index contributed by atoms with van der Waals surface area (Å²) in [7, 11) is 0. The molecule has 1 aliphatic rings. The molecule has 1 N–H and O–H groups in total. The zero-order valence-electron chi connectivity index (χ0n) is 12.5. The first-order valence-electron chi connectivity index (χ1n) is 7.48. The van der Waals surface area contributed by atoms with Crippen LogP contribution in [0.15, 0.2) is 18.3 Å². The molecule has 0 spiro atoms. The van der Waals surface area contributed by atoms with Crippen LogP contribution in [0.5, 0.6) is 0 Å². The molecule has 2 rings (SSSR count). The van der Waals surface area contributed by atoms with Crippen LogP contribution in [-0.2, 0) is 6.54 Å². The standard InChI is InChI=1S/C16H24N4/c1-13(2)19-10-15-4-3-7-20(12-15)11-14-5-6-18-16(8-14)9-17/h5-6,8,13,15,19H,3-4,7,10-12H2,1-2H3. The van der Waals surface area contributed by atoms with E-state index in [9.17, 15) is 0 Å². The van der Waals surface area contributed by atoms with E-state index in [4.69, 9.17) is 5.26 Å². The Kier molecular flexibility index (Phi) is 5.51. The number of piperidine rings is 1. The number of aromatic nitrogens is 1. The molecule has 0 aliphatic carbocycles. The van der Waals surface area contributed by atoms with Gasteiger partial charge in [0.2, 0.25) is 0 Å². The lowest BCUT2D eigenvalue weighted by atomic mass is 9.97. The van der Waals surface area contributed by atoms with Gasteiger partial charge in [0.15, 0.2) is 0 Å². The van der Waals surface area contributed by atoms with Crippen LogP contribution in [0.2, 0.25) is 0 Å². The van der Waals surface area contributed by atoms with Crippen LogP contribution in [-0.4, -0.2) is 35.6 Å². The molecule has 0 aromatic carbocycles. The summed E-state index contributed by atoms with van der Waals surface area (Å²) in [5.74, 6) is 0.739. The molecular weight excluding hydrogens is 248 g/mol. The quantitative estimate of drug-likeness (QED) is 0.892. The van der Waals surface area contributed by atoms with Crippen LogP contribution in [0.4, 0.5) is 0 Å². The van der Waals surface area contributed by atoms with Crippen molar-refractivity contribution in [3.05, 3.63) is 29.6 Å². The van der Waals surface area contributed by atoms with Gasteiger partial charge in [0, 0.05) is 25.3 Å². The molecule has 2 heterocycles. The first kappa shape index (κ1) is 15.0. The summed E-state index contributed by atoms with van der Waals surface area (Å²) in [6, 6.07) is 6.58. The van der Waals surface area contributed by atoms with Crippen molar-refractivity contribution in [2.75, 3.05) is 19.6 Å². The summed E-state index contributed by atoms with van der Waals surface area (Å²) >= 11 is 0. The van der Waals surface area contributed by atoms with E-state index in [1.54, 1.807) is 6.20 Å². The number of pyridine rings is 1. The first-order chi connectivity index (χ1) is 9.67. The van der Waals surface area contributed by atoms with Gasteiger partial charge in [-0.15, -0.1) is 0 Å². The van der Waals surface area contributed by atoms with E-state index in [2.05, 4.69) is 35.1 Å². The van der Waals surface area contributed by atoms with E-state index in [0.717, 1.165) is 32.1 Å².